The van der Waals surface area contributed by atoms with Crippen molar-refractivity contribution in [3.05, 3.63) is 66.2 Å². The number of ether oxygens (including phenoxy) is 1. The number of benzene rings is 2. The first-order chi connectivity index (χ1) is 7.75. The van der Waals surface area contributed by atoms with E-state index in [9.17, 15) is 4.79 Å². The number of hydrogen-bond donors (Lipinski definition) is 0. The lowest BCUT2D eigenvalue weighted by molar-refractivity contribution is 0.0735. The second-order valence-electron chi connectivity index (χ2n) is 2.99. The van der Waals surface area contributed by atoms with E-state index in [1.165, 1.54) is 0 Å². The van der Waals surface area contributed by atoms with Gasteiger partial charge in [0.05, 0.1) is 6.93 Å². The van der Waals surface area contributed by atoms with Crippen LogP contribution < -0.4 is 4.74 Å². The van der Waals surface area contributed by atoms with Crippen molar-refractivity contribution < 1.29 is 10.9 Å². The summed E-state index contributed by atoms with van der Waals surface area (Å²) in [6, 6.07) is 15.5. The molecule has 15 heavy (non-hydrogen) atoms. The molecule has 0 bridgehead atoms. The Bertz CT molecular complexity index is 477. The summed E-state index contributed by atoms with van der Waals surface area (Å²) in [5, 5.41) is 0. The fourth-order valence-corrected chi connectivity index (χ4v) is 1.18. The number of esters is 1. The van der Waals surface area contributed by atoms with Crippen molar-refractivity contribution in [2.75, 3.05) is 0 Å². The summed E-state index contributed by atoms with van der Waals surface area (Å²) in [7, 11) is 0. The highest BCUT2D eigenvalue weighted by molar-refractivity contribution is 5.90. The summed E-state index contributed by atoms with van der Waals surface area (Å²) >= 11 is 0. The predicted molar refractivity (Wildman–Crippen MR) is 57.8 cm³/mol. The van der Waals surface area contributed by atoms with Crippen LogP contribution in [0.3, 0.4) is 0 Å². The van der Waals surface area contributed by atoms with Crippen molar-refractivity contribution in [2.45, 2.75) is 0 Å². The molecule has 2 aromatic carbocycles. The van der Waals surface area contributed by atoms with Gasteiger partial charge < -0.3 is 4.74 Å². The third kappa shape index (κ3) is 2.44. The lowest BCUT2D eigenvalue weighted by atomic mass is 10.2. The Labute approximate surface area is 89.5 Å². The van der Waals surface area contributed by atoms with Gasteiger partial charge in [-0.2, -0.15) is 0 Å². The van der Waals surface area contributed by atoms with E-state index in [2.05, 4.69) is 0 Å². The van der Waals surface area contributed by atoms with Gasteiger partial charge in [-0.3, -0.25) is 0 Å². The first kappa shape index (κ1) is 8.24. The second kappa shape index (κ2) is 4.42. The fourth-order valence-electron chi connectivity index (χ4n) is 1.18. The lowest BCUT2D eigenvalue weighted by Gasteiger charge is -2.02. The third-order valence-electron chi connectivity index (χ3n) is 1.91. The van der Waals surface area contributed by atoms with E-state index in [4.69, 9.17) is 6.11 Å². The summed E-state index contributed by atoms with van der Waals surface area (Å²) in [6.07, 6.45) is 0. The molecule has 0 aliphatic carbocycles. The average molecular weight is 199 g/mol. The Hall–Kier alpha value is -2.09. The normalized spacial score (nSPS) is 10.5. The Kier molecular flexibility index (Phi) is 2.43. The number of hydrogen-bond acceptors (Lipinski definition) is 2. The monoisotopic (exact) mass is 199 g/mol. The van der Waals surface area contributed by atoms with Crippen LogP contribution in [0, 0.1) is 0 Å². The molecular weight excluding hydrogens is 188 g/mol. The van der Waals surface area contributed by atoms with Gasteiger partial charge in [-0.05, 0) is 24.3 Å². The smallest absolute Gasteiger partial charge is 0.343 e. The van der Waals surface area contributed by atoms with E-state index in [0.29, 0.717) is 17.4 Å². The SMILES string of the molecule is [2H]c1ccc(OC(=O)c2ccccc2)cc1. The summed E-state index contributed by atoms with van der Waals surface area (Å²) < 4.78 is 12.4. The van der Waals surface area contributed by atoms with Crippen LogP contribution in [0.15, 0.2) is 60.6 Å². The van der Waals surface area contributed by atoms with E-state index in [1.54, 1.807) is 48.5 Å². The summed E-state index contributed by atoms with van der Waals surface area (Å²) in [5.41, 5.74) is 0.512. The minimum atomic E-state index is -0.390. The molecular formula is C13H10O2. The molecule has 0 aromatic heterocycles. The largest absolute Gasteiger partial charge is 0.423 e. The molecule has 0 saturated heterocycles. The van der Waals surface area contributed by atoms with Gasteiger partial charge in [0.25, 0.3) is 0 Å². The average Bonchev–Trinajstić information content (AvgIpc) is 2.33. The molecule has 0 N–H and O–H groups in total. The molecule has 74 valence electrons. The topological polar surface area (TPSA) is 26.3 Å². The van der Waals surface area contributed by atoms with E-state index in [0.717, 1.165) is 0 Å². The molecule has 0 heterocycles. The molecule has 2 nitrogen and oxygen atoms in total. The zero-order valence-corrected chi connectivity index (χ0v) is 8.01. The zero-order chi connectivity index (χ0) is 11.4. The van der Waals surface area contributed by atoms with Crippen molar-refractivity contribution in [1.82, 2.24) is 0 Å². The van der Waals surface area contributed by atoms with Crippen molar-refractivity contribution in [3.8, 4) is 5.75 Å². The van der Waals surface area contributed by atoms with Crippen LogP contribution in [0.25, 0.3) is 0 Å². The molecule has 2 aromatic rings. The van der Waals surface area contributed by atoms with E-state index in [-0.39, 0.29) is 0 Å². The highest BCUT2D eigenvalue weighted by Gasteiger charge is 2.06. The molecule has 0 amide bonds. The highest BCUT2D eigenvalue weighted by atomic mass is 16.5. The maximum atomic E-state index is 11.6. The summed E-state index contributed by atoms with van der Waals surface area (Å²) in [6.45, 7) is 0. The standard InChI is InChI=1S/C13H10O2/c14-13(11-7-3-1-4-8-11)15-12-9-5-2-6-10-12/h1-10H/i2D. The van der Waals surface area contributed by atoms with Crippen LogP contribution in [0.1, 0.15) is 11.7 Å². The fraction of sp³-hybridized carbons (Fsp3) is 0. The molecule has 0 unspecified atom stereocenters. The second-order valence-corrected chi connectivity index (χ2v) is 2.99. The maximum absolute atomic E-state index is 11.6. The number of rotatable bonds is 2. The minimum Gasteiger partial charge on any atom is -0.423 e. The molecule has 0 aliphatic rings. The molecule has 0 spiro atoms. The van der Waals surface area contributed by atoms with Gasteiger partial charge in [-0.25, -0.2) is 4.79 Å². The Morgan fingerprint density at radius 1 is 1.00 bits per heavy atom. The maximum Gasteiger partial charge on any atom is 0.343 e. The van der Waals surface area contributed by atoms with Crippen LogP contribution in [0.5, 0.6) is 5.75 Å². The molecule has 0 radical (unpaired) electrons. The van der Waals surface area contributed by atoms with E-state index in [1.807, 2.05) is 6.07 Å². The molecule has 0 atom stereocenters. The highest BCUT2D eigenvalue weighted by Crippen LogP contribution is 2.11. The van der Waals surface area contributed by atoms with Crippen LogP contribution in [-0.2, 0) is 0 Å². The van der Waals surface area contributed by atoms with E-state index < -0.39 is 5.97 Å². The van der Waals surface area contributed by atoms with Gasteiger partial charge >= 0.3 is 5.97 Å². The van der Waals surface area contributed by atoms with Gasteiger partial charge in [0.15, 0.2) is 0 Å². The van der Waals surface area contributed by atoms with Gasteiger partial charge in [-0.1, -0.05) is 36.4 Å². The quantitative estimate of drug-likeness (QED) is 0.549. The number of carbonyl (C=O) groups excluding carboxylic acids is 1. The Balaban J connectivity index is 2.11. The zero-order valence-electron chi connectivity index (χ0n) is 9.01. The first-order valence-electron chi connectivity index (χ1n) is 5.09. The molecule has 0 aliphatic heterocycles. The first-order valence-corrected chi connectivity index (χ1v) is 4.59. The molecule has 2 rings (SSSR count). The van der Waals surface area contributed by atoms with Gasteiger partial charge in [0, 0.05) is 0 Å². The lowest BCUT2D eigenvalue weighted by Crippen LogP contribution is -2.07. The van der Waals surface area contributed by atoms with Crippen LogP contribution in [0.4, 0.5) is 0 Å². The van der Waals surface area contributed by atoms with Gasteiger partial charge in [0.1, 0.15) is 5.75 Å². The molecule has 0 fully saturated rings. The number of para-hydroxylation sites is 1. The minimum absolute atomic E-state index is 0.388. The van der Waals surface area contributed by atoms with Crippen molar-refractivity contribution >= 4 is 5.97 Å². The van der Waals surface area contributed by atoms with Crippen LogP contribution in [-0.4, -0.2) is 5.97 Å². The van der Waals surface area contributed by atoms with Gasteiger partial charge in [-0.15, -0.1) is 0 Å². The molecule has 2 heteroatoms. The third-order valence-corrected chi connectivity index (χ3v) is 1.91. The van der Waals surface area contributed by atoms with E-state index >= 15 is 0 Å². The van der Waals surface area contributed by atoms with Crippen molar-refractivity contribution in [3.63, 3.8) is 0 Å². The van der Waals surface area contributed by atoms with Crippen molar-refractivity contribution in [2.24, 2.45) is 0 Å². The van der Waals surface area contributed by atoms with Crippen molar-refractivity contribution in [1.29, 1.82) is 0 Å². The summed E-state index contributed by atoms with van der Waals surface area (Å²) in [5.74, 6) is 0.0585. The Morgan fingerprint density at radius 2 is 1.67 bits per heavy atom. The van der Waals surface area contributed by atoms with Crippen LogP contribution >= 0.6 is 0 Å². The Morgan fingerprint density at radius 3 is 2.33 bits per heavy atom. The molecule has 0 saturated carbocycles. The number of carbonyl (C=O) groups is 1. The predicted octanol–water partition coefficient (Wildman–Crippen LogP) is 2.91. The summed E-state index contributed by atoms with van der Waals surface area (Å²) in [4.78, 5) is 11.6. The van der Waals surface area contributed by atoms with Crippen LogP contribution in [0.2, 0.25) is 0 Å². The van der Waals surface area contributed by atoms with Gasteiger partial charge in [0.2, 0.25) is 0 Å².